The molecule has 0 saturated carbocycles. The summed E-state index contributed by atoms with van der Waals surface area (Å²) >= 11 is 0. The van der Waals surface area contributed by atoms with Crippen LogP contribution in [0, 0.1) is 20.2 Å². The van der Waals surface area contributed by atoms with Crippen LogP contribution in [0.15, 0.2) is 42.5 Å². The molecule has 24 heavy (non-hydrogen) atoms. The quantitative estimate of drug-likeness (QED) is 0.641. The van der Waals surface area contributed by atoms with Crippen molar-refractivity contribution in [2.24, 2.45) is 0 Å². The van der Waals surface area contributed by atoms with E-state index >= 15 is 0 Å². The van der Waals surface area contributed by atoms with Crippen LogP contribution in [0.1, 0.15) is 5.56 Å². The number of rotatable bonds is 6. The average Bonchev–Trinajstić information content (AvgIpc) is 2.55. The number of hydrogen-bond acceptors (Lipinski definition) is 6. The molecule has 2 aromatic carbocycles. The highest BCUT2D eigenvalue weighted by Gasteiger charge is 2.21. The van der Waals surface area contributed by atoms with Gasteiger partial charge in [-0.15, -0.1) is 0 Å². The van der Waals surface area contributed by atoms with E-state index in [4.69, 9.17) is 4.74 Å². The lowest BCUT2D eigenvalue weighted by molar-refractivity contribution is -0.394. The van der Waals surface area contributed by atoms with Crippen molar-refractivity contribution >= 4 is 23.0 Å². The molecular weight excluding hydrogens is 318 g/mol. The molecule has 0 aliphatic heterocycles. The van der Waals surface area contributed by atoms with Crippen LogP contribution in [0.25, 0.3) is 0 Å². The van der Waals surface area contributed by atoms with Crippen molar-refractivity contribution in [1.82, 2.24) is 0 Å². The minimum Gasteiger partial charge on any atom is -0.495 e. The monoisotopic (exact) mass is 331 g/mol. The van der Waals surface area contributed by atoms with Gasteiger partial charge in [-0.2, -0.15) is 0 Å². The normalized spacial score (nSPS) is 10.0. The zero-order chi connectivity index (χ0) is 17.7. The van der Waals surface area contributed by atoms with Crippen molar-refractivity contribution in [3.05, 3.63) is 68.3 Å². The molecule has 0 heterocycles. The predicted molar refractivity (Wildman–Crippen MR) is 85.1 cm³/mol. The van der Waals surface area contributed by atoms with Crippen LogP contribution < -0.4 is 10.1 Å². The smallest absolute Gasteiger partial charge is 0.279 e. The first-order chi connectivity index (χ1) is 11.4. The van der Waals surface area contributed by atoms with Gasteiger partial charge in [0.1, 0.15) is 5.75 Å². The van der Waals surface area contributed by atoms with Gasteiger partial charge in [-0.25, -0.2) is 0 Å². The number of non-ortho nitro benzene ring substituents is 1. The molecule has 0 aliphatic rings. The molecular formula is C15H13N3O6. The maximum Gasteiger partial charge on any atom is 0.279 e. The van der Waals surface area contributed by atoms with Crippen molar-refractivity contribution in [3.63, 3.8) is 0 Å². The van der Waals surface area contributed by atoms with Crippen LogP contribution in [0.2, 0.25) is 0 Å². The Hall–Kier alpha value is -3.49. The second-order valence-electron chi connectivity index (χ2n) is 4.75. The molecule has 0 aromatic heterocycles. The van der Waals surface area contributed by atoms with Crippen LogP contribution in [0.3, 0.4) is 0 Å². The molecule has 0 aliphatic carbocycles. The van der Waals surface area contributed by atoms with Crippen molar-refractivity contribution in [1.29, 1.82) is 0 Å². The Balaban J connectivity index is 2.22. The highest BCUT2D eigenvalue weighted by molar-refractivity contribution is 5.94. The highest BCUT2D eigenvalue weighted by atomic mass is 16.6. The third kappa shape index (κ3) is 3.83. The molecule has 2 rings (SSSR count). The van der Waals surface area contributed by atoms with E-state index in [2.05, 4.69) is 5.32 Å². The van der Waals surface area contributed by atoms with Gasteiger partial charge in [-0.1, -0.05) is 12.1 Å². The largest absolute Gasteiger partial charge is 0.495 e. The van der Waals surface area contributed by atoms with E-state index in [9.17, 15) is 25.0 Å². The molecule has 0 fully saturated rings. The predicted octanol–water partition coefficient (Wildman–Crippen LogP) is 2.69. The van der Waals surface area contributed by atoms with Crippen molar-refractivity contribution in [2.45, 2.75) is 6.42 Å². The number of methoxy groups -OCH3 is 1. The van der Waals surface area contributed by atoms with E-state index in [1.807, 2.05) is 0 Å². The first-order valence-electron chi connectivity index (χ1n) is 6.77. The Morgan fingerprint density at radius 3 is 2.46 bits per heavy atom. The summed E-state index contributed by atoms with van der Waals surface area (Å²) in [5.74, 6) is -0.0551. The number of carbonyl (C=O) groups excluding carboxylic acids is 1. The summed E-state index contributed by atoms with van der Waals surface area (Å²) in [7, 11) is 1.45. The van der Waals surface area contributed by atoms with Crippen LogP contribution in [-0.4, -0.2) is 22.9 Å². The zero-order valence-corrected chi connectivity index (χ0v) is 12.6. The highest BCUT2D eigenvalue weighted by Crippen LogP contribution is 2.26. The number of carbonyl (C=O) groups is 1. The summed E-state index contributed by atoms with van der Waals surface area (Å²) in [5, 5.41) is 24.4. The van der Waals surface area contributed by atoms with Crippen LogP contribution >= 0.6 is 0 Å². The summed E-state index contributed by atoms with van der Waals surface area (Å²) in [4.78, 5) is 32.4. The van der Waals surface area contributed by atoms with Gasteiger partial charge in [0, 0.05) is 11.6 Å². The number of nitro benzene ring substituents is 2. The van der Waals surface area contributed by atoms with Crippen LogP contribution in [-0.2, 0) is 11.2 Å². The van der Waals surface area contributed by atoms with E-state index in [0.29, 0.717) is 11.4 Å². The van der Waals surface area contributed by atoms with Gasteiger partial charge in [0.15, 0.2) is 0 Å². The van der Waals surface area contributed by atoms with Gasteiger partial charge in [0.2, 0.25) is 5.91 Å². The van der Waals surface area contributed by atoms with Crippen LogP contribution in [0.5, 0.6) is 5.75 Å². The number of amides is 1. The standard InChI is InChI=1S/C15H13N3O6/c1-24-14-5-3-2-4-12(14)16-15(19)8-10-6-7-11(17(20)21)9-13(10)18(22)23/h2-7,9H,8H2,1H3,(H,16,19). The lowest BCUT2D eigenvalue weighted by Crippen LogP contribution is -2.16. The van der Waals surface area contributed by atoms with Crippen LogP contribution in [0.4, 0.5) is 17.1 Å². The number of hydrogen-bond donors (Lipinski definition) is 1. The molecule has 0 unspecified atom stereocenters. The van der Waals surface area contributed by atoms with Crippen molar-refractivity contribution in [2.75, 3.05) is 12.4 Å². The SMILES string of the molecule is COc1ccccc1NC(=O)Cc1ccc([N+](=O)[O-])cc1[N+](=O)[O-]. The fraction of sp³-hybridized carbons (Fsp3) is 0.133. The first-order valence-corrected chi connectivity index (χ1v) is 6.77. The van der Waals surface area contributed by atoms with E-state index in [0.717, 1.165) is 12.1 Å². The molecule has 1 N–H and O–H groups in total. The van der Waals surface area contributed by atoms with Gasteiger partial charge in [0.05, 0.1) is 35.1 Å². The maximum absolute atomic E-state index is 12.1. The molecule has 0 spiro atoms. The molecule has 2 aromatic rings. The fourth-order valence-electron chi connectivity index (χ4n) is 2.10. The van der Waals surface area contributed by atoms with E-state index < -0.39 is 27.1 Å². The second kappa shape index (κ2) is 7.18. The number of anilines is 1. The van der Waals surface area contributed by atoms with E-state index in [-0.39, 0.29) is 12.0 Å². The van der Waals surface area contributed by atoms with E-state index in [1.165, 1.54) is 13.2 Å². The Bertz CT molecular complexity index is 806. The van der Waals surface area contributed by atoms with Gasteiger partial charge >= 0.3 is 0 Å². The summed E-state index contributed by atoms with van der Waals surface area (Å²) < 4.78 is 5.10. The topological polar surface area (TPSA) is 125 Å². The number of nitrogens with zero attached hydrogens (tertiary/aromatic N) is 2. The number of benzene rings is 2. The maximum atomic E-state index is 12.1. The van der Waals surface area contributed by atoms with Crippen molar-refractivity contribution < 1.29 is 19.4 Å². The molecule has 0 saturated heterocycles. The number of nitro groups is 2. The fourth-order valence-corrected chi connectivity index (χ4v) is 2.10. The molecule has 0 radical (unpaired) electrons. The lowest BCUT2D eigenvalue weighted by atomic mass is 10.1. The Kier molecular flexibility index (Phi) is 5.05. The first kappa shape index (κ1) is 16.9. The Morgan fingerprint density at radius 1 is 1.12 bits per heavy atom. The third-order valence-electron chi connectivity index (χ3n) is 3.21. The zero-order valence-electron chi connectivity index (χ0n) is 12.6. The minimum atomic E-state index is -0.751. The van der Waals surface area contributed by atoms with E-state index in [1.54, 1.807) is 24.3 Å². The summed E-state index contributed by atoms with van der Waals surface area (Å²) in [6, 6.07) is 9.88. The summed E-state index contributed by atoms with van der Waals surface area (Å²) in [6.45, 7) is 0. The average molecular weight is 331 g/mol. The molecule has 1 amide bonds. The Labute approximate surface area is 136 Å². The molecule has 0 atom stereocenters. The van der Waals surface area contributed by atoms with Gasteiger partial charge in [-0.3, -0.25) is 25.0 Å². The number of nitrogens with one attached hydrogen (secondary N) is 1. The van der Waals surface area contributed by atoms with Gasteiger partial charge < -0.3 is 10.1 Å². The summed E-state index contributed by atoms with van der Waals surface area (Å²) in [6.07, 6.45) is -0.299. The lowest BCUT2D eigenvalue weighted by Gasteiger charge is -2.09. The molecule has 0 bridgehead atoms. The van der Waals surface area contributed by atoms with Gasteiger partial charge in [0.25, 0.3) is 11.4 Å². The third-order valence-corrected chi connectivity index (χ3v) is 3.21. The molecule has 9 nitrogen and oxygen atoms in total. The number of para-hydroxylation sites is 2. The van der Waals surface area contributed by atoms with Crippen molar-refractivity contribution in [3.8, 4) is 5.75 Å². The second-order valence-corrected chi connectivity index (χ2v) is 4.75. The molecule has 124 valence electrons. The number of ether oxygens (including phenoxy) is 1. The summed E-state index contributed by atoms with van der Waals surface area (Å²) in [5.41, 5.74) is -0.373. The molecule has 9 heteroatoms. The Morgan fingerprint density at radius 2 is 1.83 bits per heavy atom. The van der Waals surface area contributed by atoms with Gasteiger partial charge in [-0.05, 0) is 18.2 Å². The minimum absolute atomic E-state index is 0.0815.